The van der Waals surface area contributed by atoms with Gasteiger partial charge in [0.05, 0.1) is 12.0 Å². The molecule has 0 spiro atoms. The van der Waals surface area contributed by atoms with Crippen LogP contribution in [0.5, 0.6) is 11.5 Å². The van der Waals surface area contributed by atoms with Crippen LogP contribution >= 0.6 is 0 Å². The van der Waals surface area contributed by atoms with Crippen molar-refractivity contribution in [3.8, 4) is 22.9 Å². The van der Waals surface area contributed by atoms with E-state index in [0.29, 0.717) is 11.4 Å². The Hall–Kier alpha value is -3.35. The van der Waals surface area contributed by atoms with Gasteiger partial charge in [0.15, 0.2) is 5.75 Å². The summed E-state index contributed by atoms with van der Waals surface area (Å²) in [5.74, 6) is 0.905. The molecule has 1 heterocycles. The van der Waals surface area contributed by atoms with E-state index in [4.69, 9.17) is 9.47 Å². The first-order chi connectivity index (χ1) is 12.1. The molecule has 1 aromatic heterocycles. The maximum Gasteiger partial charge on any atom is 0.315 e. The summed E-state index contributed by atoms with van der Waals surface area (Å²) in [6, 6.07) is 10.9. The summed E-state index contributed by atoms with van der Waals surface area (Å²) in [4.78, 5) is 18.1. The highest BCUT2D eigenvalue weighted by Crippen LogP contribution is 2.41. The number of hydrogen-bond acceptors (Lipinski definition) is 5. The second-order valence-electron chi connectivity index (χ2n) is 5.50. The molecule has 0 saturated carbocycles. The SMILES string of the molecule is COc1cc(-c2ncc[nH]2)cc([N+](=O)[O-])c1OCc1ccc(C)cc1. The fourth-order valence-corrected chi connectivity index (χ4v) is 2.42. The Balaban J connectivity index is 1.96. The minimum absolute atomic E-state index is 0.100. The highest BCUT2D eigenvalue weighted by atomic mass is 16.6. The number of H-pyrrole nitrogens is 1. The third-order valence-corrected chi connectivity index (χ3v) is 3.73. The zero-order chi connectivity index (χ0) is 17.8. The topological polar surface area (TPSA) is 90.3 Å². The van der Waals surface area contributed by atoms with E-state index in [2.05, 4.69) is 9.97 Å². The number of nitrogens with zero attached hydrogens (tertiary/aromatic N) is 2. The van der Waals surface area contributed by atoms with Crippen molar-refractivity contribution in [1.29, 1.82) is 0 Å². The van der Waals surface area contributed by atoms with E-state index >= 15 is 0 Å². The molecular weight excluding hydrogens is 322 g/mol. The van der Waals surface area contributed by atoms with E-state index in [-0.39, 0.29) is 23.8 Å². The van der Waals surface area contributed by atoms with Gasteiger partial charge >= 0.3 is 5.69 Å². The molecule has 0 unspecified atom stereocenters. The number of rotatable bonds is 6. The van der Waals surface area contributed by atoms with E-state index in [1.165, 1.54) is 13.2 Å². The van der Waals surface area contributed by atoms with E-state index in [1.54, 1.807) is 18.5 Å². The number of methoxy groups -OCH3 is 1. The van der Waals surface area contributed by atoms with Gasteiger partial charge in [0.1, 0.15) is 12.4 Å². The first-order valence-electron chi connectivity index (χ1n) is 7.63. The first-order valence-corrected chi connectivity index (χ1v) is 7.63. The van der Waals surface area contributed by atoms with Crippen LogP contribution < -0.4 is 9.47 Å². The Kier molecular flexibility index (Phi) is 4.65. The van der Waals surface area contributed by atoms with Gasteiger partial charge in [0, 0.05) is 24.0 Å². The van der Waals surface area contributed by atoms with Crippen LogP contribution in [0.4, 0.5) is 5.69 Å². The van der Waals surface area contributed by atoms with Gasteiger partial charge in [-0.25, -0.2) is 4.98 Å². The average Bonchev–Trinajstić information content (AvgIpc) is 3.15. The van der Waals surface area contributed by atoms with Crippen molar-refractivity contribution >= 4 is 5.69 Å². The number of aromatic nitrogens is 2. The molecule has 0 amide bonds. The van der Waals surface area contributed by atoms with Gasteiger partial charge in [-0.3, -0.25) is 10.1 Å². The van der Waals surface area contributed by atoms with Crippen LogP contribution in [0.2, 0.25) is 0 Å². The smallest absolute Gasteiger partial charge is 0.315 e. The largest absolute Gasteiger partial charge is 0.493 e. The molecule has 2 aromatic carbocycles. The Bertz CT molecular complexity index is 874. The third-order valence-electron chi connectivity index (χ3n) is 3.73. The molecular formula is C18H17N3O4. The number of benzene rings is 2. The third kappa shape index (κ3) is 3.60. The molecule has 3 rings (SSSR count). The quantitative estimate of drug-likeness (QED) is 0.543. The second-order valence-corrected chi connectivity index (χ2v) is 5.50. The molecule has 1 N–H and O–H groups in total. The van der Waals surface area contributed by atoms with Crippen molar-refractivity contribution in [2.45, 2.75) is 13.5 Å². The molecule has 128 valence electrons. The summed E-state index contributed by atoms with van der Waals surface area (Å²) in [6.07, 6.45) is 3.23. The average molecular weight is 339 g/mol. The number of nitro groups is 1. The van der Waals surface area contributed by atoms with Crippen LogP contribution in [0.15, 0.2) is 48.8 Å². The molecule has 3 aromatic rings. The summed E-state index contributed by atoms with van der Waals surface area (Å²) in [5.41, 5.74) is 2.43. The molecule has 0 atom stereocenters. The van der Waals surface area contributed by atoms with Gasteiger partial charge < -0.3 is 14.5 Å². The van der Waals surface area contributed by atoms with Crippen molar-refractivity contribution in [2.75, 3.05) is 7.11 Å². The maximum atomic E-state index is 11.5. The zero-order valence-electron chi connectivity index (χ0n) is 13.9. The number of nitro benzene ring substituents is 1. The Morgan fingerprint density at radius 3 is 2.60 bits per heavy atom. The molecule has 0 aliphatic heterocycles. The van der Waals surface area contributed by atoms with Gasteiger partial charge in [-0.1, -0.05) is 29.8 Å². The predicted molar refractivity (Wildman–Crippen MR) is 92.7 cm³/mol. The van der Waals surface area contributed by atoms with E-state index in [0.717, 1.165) is 11.1 Å². The number of nitrogens with one attached hydrogen (secondary N) is 1. The molecule has 0 bridgehead atoms. The molecule has 7 nitrogen and oxygen atoms in total. The number of aryl methyl sites for hydroxylation is 1. The molecule has 0 aliphatic carbocycles. The fraction of sp³-hybridized carbons (Fsp3) is 0.167. The highest BCUT2D eigenvalue weighted by Gasteiger charge is 2.23. The molecule has 25 heavy (non-hydrogen) atoms. The van der Waals surface area contributed by atoms with Crippen molar-refractivity contribution in [3.63, 3.8) is 0 Å². The monoisotopic (exact) mass is 339 g/mol. The van der Waals surface area contributed by atoms with E-state index in [1.807, 2.05) is 31.2 Å². The van der Waals surface area contributed by atoms with Crippen LogP contribution in [0.1, 0.15) is 11.1 Å². The summed E-state index contributed by atoms with van der Waals surface area (Å²) >= 11 is 0. The molecule has 0 saturated heterocycles. The summed E-state index contributed by atoms with van der Waals surface area (Å²) in [7, 11) is 1.45. The molecule has 7 heteroatoms. The minimum Gasteiger partial charge on any atom is -0.493 e. The Morgan fingerprint density at radius 2 is 2.00 bits per heavy atom. The minimum atomic E-state index is -0.487. The standard InChI is InChI=1S/C18H17N3O4/c1-12-3-5-13(6-4-12)11-25-17-15(21(22)23)9-14(10-16(17)24-2)18-19-7-8-20-18/h3-10H,11H2,1-2H3,(H,19,20). The van der Waals surface area contributed by atoms with Crippen LogP contribution in [0.3, 0.4) is 0 Å². The lowest BCUT2D eigenvalue weighted by Crippen LogP contribution is -2.02. The summed E-state index contributed by atoms with van der Waals surface area (Å²) in [6.45, 7) is 2.20. The van der Waals surface area contributed by atoms with Gasteiger partial charge in [-0.15, -0.1) is 0 Å². The van der Waals surface area contributed by atoms with Crippen molar-refractivity contribution in [3.05, 3.63) is 70.0 Å². The van der Waals surface area contributed by atoms with Gasteiger partial charge in [0.25, 0.3) is 0 Å². The van der Waals surface area contributed by atoms with Crippen LogP contribution in [-0.4, -0.2) is 22.0 Å². The number of imidazole rings is 1. The van der Waals surface area contributed by atoms with Crippen molar-refractivity contribution < 1.29 is 14.4 Å². The number of hydrogen-bond donors (Lipinski definition) is 1. The Labute approximate surface area is 144 Å². The zero-order valence-corrected chi connectivity index (χ0v) is 13.9. The predicted octanol–water partition coefficient (Wildman–Crippen LogP) is 3.88. The summed E-state index contributed by atoms with van der Waals surface area (Å²) in [5, 5.41) is 11.5. The number of ether oxygens (including phenoxy) is 2. The lowest BCUT2D eigenvalue weighted by Gasteiger charge is -2.12. The lowest BCUT2D eigenvalue weighted by atomic mass is 10.1. The maximum absolute atomic E-state index is 11.5. The molecule has 0 aliphatic rings. The van der Waals surface area contributed by atoms with Crippen LogP contribution in [-0.2, 0) is 6.61 Å². The van der Waals surface area contributed by atoms with Crippen molar-refractivity contribution in [1.82, 2.24) is 9.97 Å². The number of aromatic amines is 1. The van der Waals surface area contributed by atoms with E-state index in [9.17, 15) is 10.1 Å². The highest BCUT2D eigenvalue weighted by molar-refractivity contribution is 5.69. The first kappa shape index (κ1) is 16.5. The van der Waals surface area contributed by atoms with Gasteiger partial charge in [0.2, 0.25) is 5.75 Å². The van der Waals surface area contributed by atoms with Crippen molar-refractivity contribution in [2.24, 2.45) is 0 Å². The molecule has 0 fully saturated rings. The lowest BCUT2D eigenvalue weighted by molar-refractivity contribution is -0.386. The molecule has 0 radical (unpaired) electrons. The normalized spacial score (nSPS) is 10.5. The summed E-state index contributed by atoms with van der Waals surface area (Å²) < 4.78 is 11.0. The second kappa shape index (κ2) is 7.04. The van der Waals surface area contributed by atoms with Crippen LogP contribution in [0, 0.1) is 17.0 Å². The Morgan fingerprint density at radius 1 is 1.24 bits per heavy atom. The van der Waals surface area contributed by atoms with Gasteiger partial charge in [-0.05, 0) is 18.6 Å². The van der Waals surface area contributed by atoms with Gasteiger partial charge in [-0.2, -0.15) is 0 Å². The van der Waals surface area contributed by atoms with Crippen LogP contribution in [0.25, 0.3) is 11.4 Å². The van der Waals surface area contributed by atoms with E-state index < -0.39 is 4.92 Å². The fourth-order valence-electron chi connectivity index (χ4n) is 2.42.